The number of nitrogens with one attached hydrogen (secondary N) is 1. The van der Waals surface area contributed by atoms with Gasteiger partial charge in [0.2, 0.25) is 5.91 Å². The predicted octanol–water partition coefficient (Wildman–Crippen LogP) is 5.63. The number of carbonyl (C=O) groups is 2. The molecule has 1 fully saturated rings. The van der Waals surface area contributed by atoms with Crippen LogP contribution < -0.4 is 10.1 Å². The van der Waals surface area contributed by atoms with Gasteiger partial charge in [-0.15, -0.1) is 0 Å². The molecule has 3 atom stereocenters. The highest BCUT2D eigenvalue weighted by Gasteiger charge is 2.33. The molecule has 246 valence electrons. The van der Waals surface area contributed by atoms with Crippen molar-refractivity contribution < 1.29 is 67.9 Å². The molecule has 1 saturated heterocycles. The summed E-state index contributed by atoms with van der Waals surface area (Å²) in [6.45, 7) is 4.69. The number of amides is 2. The van der Waals surface area contributed by atoms with E-state index in [9.17, 15) is 27.3 Å². The molecule has 0 aromatic heterocycles. The average molecular weight is 690 g/mol. The SMILES string of the molecule is CCOP(=O)(OCC)OC(C)OC(COc1ccc(CC2SC(=O)NC2=O)cc1)c1ccc(C(F)(F)F)cc1.O=S(=O)(O)O. The van der Waals surface area contributed by atoms with Gasteiger partial charge in [-0.1, -0.05) is 36.0 Å². The number of imide groups is 1. The van der Waals surface area contributed by atoms with Crippen molar-refractivity contribution >= 4 is 41.1 Å². The number of phosphoric ester groups is 1. The van der Waals surface area contributed by atoms with E-state index in [4.69, 9.17) is 40.6 Å². The van der Waals surface area contributed by atoms with Crippen molar-refractivity contribution in [1.82, 2.24) is 5.32 Å². The Balaban J connectivity index is 0.00000125. The van der Waals surface area contributed by atoms with Crippen LogP contribution in [-0.4, -0.2) is 60.0 Å². The molecular weight excluding hydrogens is 658 g/mol. The van der Waals surface area contributed by atoms with E-state index in [0.717, 1.165) is 29.5 Å². The number of rotatable bonds is 14. The first kappa shape index (κ1) is 37.6. The molecule has 1 aliphatic rings. The summed E-state index contributed by atoms with van der Waals surface area (Å²) >= 11 is 0.935. The average Bonchev–Trinajstić information content (AvgIpc) is 3.22. The van der Waals surface area contributed by atoms with Crippen molar-refractivity contribution in [2.24, 2.45) is 0 Å². The molecule has 2 aromatic rings. The Morgan fingerprint density at radius 2 is 1.55 bits per heavy atom. The lowest BCUT2D eigenvalue weighted by Gasteiger charge is -2.26. The zero-order chi connectivity index (χ0) is 33.1. The molecule has 1 heterocycles. The van der Waals surface area contributed by atoms with Gasteiger partial charge in [0.25, 0.3) is 5.24 Å². The van der Waals surface area contributed by atoms with Gasteiger partial charge in [0, 0.05) is 0 Å². The summed E-state index contributed by atoms with van der Waals surface area (Å²) in [5.74, 6) is 0.0955. The van der Waals surface area contributed by atoms with Gasteiger partial charge in [-0.05, 0) is 62.6 Å². The summed E-state index contributed by atoms with van der Waals surface area (Å²) in [5, 5.41) is 1.36. The molecule has 0 spiro atoms. The van der Waals surface area contributed by atoms with Gasteiger partial charge in [0.15, 0.2) is 6.29 Å². The Kier molecular flexibility index (Phi) is 14.3. The molecule has 13 nitrogen and oxygen atoms in total. The number of hydrogen-bond acceptors (Lipinski definition) is 11. The molecule has 2 aromatic carbocycles. The van der Waals surface area contributed by atoms with Crippen LogP contribution in [0.3, 0.4) is 0 Å². The third-order valence-corrected chi connectivity index (χ3v) is 8.02. The lowest BCUT2D eigenvalue weighted by Crippen LogP contribution is -2.25. The fraction of sp³-hybridized carbons (Fsp3) is 0.440. The number of hydrogen-bond donors (Lipinski definition) is 3. The molecule has 0 aliphatic carbocycles. The highest BCUT2D eigenvalue weighted by atomic mass is 32.3. The van der Waals surface area contributed by atoms with Crippen LogP contribution in [0.4, 0.5) is 18.0 Å². The normalized spacial score (nSPS) is 17.0. The summed E-state index contributed by atoms with van der Waals surface area (Å²) in [5.41, 5.74) is 0.357. The zero-order valence-corrected chi connectivity index (χ0v) is 26.1. The van der Waals surface area contributed by atoms with Crippen LogP contribution in [-0.2, 0) is 50.7 Å². The Hall–Kier alpha value is -2.54. The monoisotopic (exact) mass is 689 g/mol. The summed E-state index contributed by atoms with van der Waals surface area (Å²) < 4.78 is 111. The summed E-state index contributed by atoms with van der Waals surface area (Å²) in [6.07, 6.45) is -6.20. The van der Waals surface area contributed by atoms with Crippen molar-refractivity contribution in [1.29, 1.82) is 0 Å². The van der Waals surface area contributed by atoms with E-state index in [1.54, 1.807) is 38.1 Å². The second kappa shape index (κ2) is 16.7. The number of ether oxygens (including phenoxy) is 2. The van der Waals surface area contributed by atoms with Gasteiger partial charge >= 0.3 is 24.4 Å². The predicted molar refractivity (Wildman–Crippen MR) is 151 cm³/mol. The van der Waals surface area contributed by atoms with E-state index in [1.807, 2.05) is 0 Å². The fourth-order valence-corrected chi connectivity index (χ4v) is 5.69. The topological polar surface area (TPSA) is 184 Å². The number of phosphoric acid groups is 1. The number of halogens is 3. The number of alkyl halides is 3. The molecule has 3 unspecified atom stereocenters. The fourth-order valence-electron chi connectivity index (χ4n) is 3.59. The lowest BCUT2D eigenvalue weighted by atomic mass is 10.1. The number of carbonyl (C=O) groups excluding carboxylic acids is 2. The van der Waals surface area contributed by atoms with Gasteiger partial charge < -0.3 is 9.47 Å². The van der Waals surface area contributed by atoms with Crippen molar-refractivity contribution in [3.63, 3.8) is 0 Å². The van der Waals surface area contributed by atoms with E-state index >= 15 is 0 Å². The molecule has 44 heavy (non-hydrogen) atoms. The zero-order valence-electron chi connectivity index (χ0n) is 23.6. The standard InChI is InChI=1S/C25H29F3NO8PS.H2O4S/c1-4-34-38(32,35-5-2)37-16(3)36-21(18-8-10-19(11-9-18)25(26,27)28)15-33-20-12-6-17(7-13-20)14-22-23(30)29-24(31)39-22;1-5(2,3)4/h6-13,16,21-22H,4-5,14-15H2,1-3H3,(H,29,30,31);(H2,1,2,3,4). The summed E-state index contributed by atoms with van der Waals surface area (Å²) in [6, 6.07) is 11.2. The summed E-state index contributed by atoms with van der Waals surface area (Å²) in [4.78, 5) is 23.2. The highest BCUT2D eigenvalue weighted by Crippen LogP contribution is 2.50. The number of thioether (sulfide) groups is 1. The van der Waals surface area contributed by atoms with Crippen LogP contribution in [0.5, 0.6) is 5.75 Å². The first-order chi connectivity index (χ1) is 20.4. The second-order valence-electron chi connectivity index (χ2n) is 8.69. The highest BCUT2D eigenvalue weighted by molar-refractivity contribution is 8.15. The van der Waals surface area contributed by atoms with E-state index < -0.39 is 47.6 Å². The maximum atomic E-state index is 13.1. The second-order valence-corrected chi connectivity index (χ2v) is 12.4. The molecule has 0 bridgehead atoms. The minimum atomic E-state index is -4.67. The van der Waals surface area contributed by atoms with Crippen molar-refractivity contribution in [3.05, 3.63) is 65.2 Å². The third-order valence-electron chi connectivity index (χ3n) is 5.33. The van der Waals surface area contributed by atoms with Crippen molar-refractivity contribution in [2.45, 2.75) is 51.0 Å². The first-order valence-electron chi connectivity index (χ1n) is 12.8. The number of benzene rings is 2. The van der Waals surface area contributed by atoms with E-state index in [2.05, 4.69) is 5.32 Å². The summed E-state index contributed by atoms with van der Waals surface area (Å²) in [7, 11) is -8.59. The van der Waals surface area contributed by atoms with Crippen molar-refractivity contribution in [2.75, 3.05) is 19.8 Å². The molecule has 3 N–H and O–H groups in total. The van der Waals surface area contributed by atoms with Crippen LogP contribution in [0.2, 0.25) is 0 Å². The van der Waals surface area contributed by atoms with E-state index in [0.29, 0.717) is 17.7 Å². The minimum Gasteiger partial charge on any atom is -0.491 e. The van der Waals surface area contributed by atoms with Crippen LogP contribution in [0.25, 0.3) is 0 Å². The molecule has 0 saturated carbocycles. The molecule has 2 amide bonds. The van der Waals surface area contributed by atoms with E-state index in [1.165, 1.54) is 19.1 Å². The van der Waals surface area contributed by atoms with E-state index in [-0.39, 0.29) is 31.0 Å². The van der Waals surface area contributed by atoms with Gasteiger partial charge in [-0.3, -0.25) is 37.6 Å². The maximum Gasteiger partial charge on any atom is 0.477 e. The molecular formula is C25H31F3NO12PS2. The Morgan fingerprint density at radius 1 is 1.00 bits per heavy atom. The molecule has 19 heteroatoms. The first-order valence-corrected chi connectivity index (χ1v) is 16.5. The Morgan fingerprint density at radius 3 is 2.00 bits per heavy atom. The third kappa shape index (κ3) is 13.6. The molecule has 0 radical (unpaired) electrons. The lowest BCUT2D eigenvalue weighted by molar-refractivity contribution is -0.138. The van der Waals surface area contributed by atoms with Crippen LogP contribution >= 0.6 is 19.6 Å². The quantitative estimate of drug-likeness (QED) is 0.126. The smallest absolute Gasteiger partial charge is 0.477 e. The maximum absolute atomic E-state index is 13.1. The van der Waals surface area contributed by atoms with Gasteiger partial charge in [-0.2, -0.15) is 21.6 Å². The van der Waals surface area contributed by atoms with Crippen molar-refractivity contribution in [3.8, 4) is 5.75 Å². The van der Waals surface area contributed by atoms with Crippen LogP contribution in [0.1, 0.15) is 43.6 Å². The molecule has 1 aliphatic heterocycles. The van der Waals surface area contributed by atoms with Crippen LogP contribution in [0, 0.1) is 0 Å². The van der Waals surface area contributed by atoms with Gasteiger partial charge in [0.1, 0.15) is 18.5 Å². The minimum absolute atomic E-state index is 0.0614. The van der Waals surface area contributed by atoms with Crippen LogP contribution in [0.15, 0.2) is 48.5 Å². The largest absolute Gasteiger partial charge is 0.491 e. The Labute approximate surface area is 255 Å². The molecule has 3 rings (SSSR count). The Bertz CT molecular complexity index is 1370. The van der Waals surface area contributed by atoms with Gasteiger partial charge in [0.05, 0.1) is 24.0 Å². The van der Waals surface area contributed by atoms with Gasteiger partial charge in [-0.25, -0.2) is 4.57 Å².